The zero-order chi connectivity index (χ0) is 19.5. The van der Waals surface area contributed by atoms with Gasteiger partial charge in [0, 0.05) is 37.1 Å². The van der Waals surface area contributed by atoms with Crippen molar-refractivity contribution in [3.8, 4) is 9.88 Å². The topological polar surface area (TPSA) is 80.1 Å². The van der Waals surface area contributed by atoms with Crippen molar-refractivity contribution in [1.82, 2.24) is 19.7 Å². The SMILES string of the molecule is CCn1cc(NC(=O)C2CCN(C(=O)c3csc(-c4cccs4)n3)CC2)cn1. The number of rotatable bonds is 5. The number of anilines is 1. The van der Waals surface area contributed by atoms with Crippen LogP contribution >= 0.6 is 22.7 Å². The van der Waals surface area contributed by atoms with Gasteiger partial charge in [0.05, 0.1) is 16.8 Å². The van der Waals surface area contributed by atoms with Gasteiger partial charge < -0.3 is 10.2 Å². The molecule has 2 amide bonds. The molecule has 0 aliphatic carbocycles. The third kappa shape index (κ3) is 4.00. The van der Waals surface area contributed by atoms with Crippen LogP contribution < -0.4 is 5.32 Å². The number of nitrogens with one attached hydrogen (secondary N) is 1. The number of thiazole rings is 1. The second-order valence-electron chi connectivity index (χ2n) is 6.66. The van der Waals surface area contributed by atoms with Crippen LogP contribution in [0.3, 0.4) is 0 Å². The molecule has 0 unspecified atom stereocenters. The number of piperidine rings is 1. The van der Waals surface area contributed by atoms with Crippen LogP contribution in [0.15, 0.2) is 35.3 Å². The van der Waals surface area contributed by atoms with E-state index in [-0.39, 0.29) is 17.7 Å². The highest BCUT2D eigenvalue weighted by atomic mass is 32.1. The van der Waals surface area contributed by atoms with Crippen molar-refractivity contribution in [2.24, 2.45) is 5.92 Å². The summed E-state index contributed by atoms with van der Waals surface area (Å²) in [6.45, 7) is 3.90. The summed E-state index contributed by atoms with van der Waals surface area (Å²) in [4.78, 5) is 32.6. The van der Waals surface area contributed by atoms with Gasteiger partial charge in [0.1, 0.15) is 10.7 Å². The smallest absolute Gasteiger partial charge is 0.273 e. The lowest BCUT2D eigenvalue weighted by Crippen LogP contribution is -2.41. The molecule has 1 fully saturated rings. The van der Waals surface area contributed by atoms with E-state index >= 15 is 0 Å². The molecule has 146 valence electrons. The Morgan fingerprint density at radius 3 is 2.79 bits per heavy atom. The zero-order valence-electron chi connectivity index (χ0n) is 15.5. The standard InChI is InChI=1S/C19H21N5O2S2/c1-2-24-11-14(10-20-24)21-17(25)13-5-7-23(8-6-13)19(26)15-12-28-18(22-15)16-4-3-9-27-16/h3-4,9-13H,2,5-8H2,1H3,(H,21,25). The molecule has 0 spiro atoms. The number of carbonyl (C=O) groups excluding carboxylic acids is 2. The minimum Gasteiger partial charge on any atom is -0.337 e. The fourth-order valence-electron chi connectivity index (χ4n) is 3.24. The summed E-state index contributed by atoms with van der Waals surface area (Å²) in [6.07, 6.45) is 4.79. The maximum absolute atomic E-state index is 12.7. The Kier molecular flexibility index (Phi) is 5.54. The number of carbonyl (C=O) groups is 2. The van der Waals surface area contributed by atoms with Gasteiger partial charge in [-0.05, 0) is 31.2 Å². The Balaban J connectivity index is 1.32. The van der Waals surface area contributed by atoms with E-state index in [1.54, 1.807) is 27.1 Å². The van der Waals surface area contributed by atoms with E-state index in [2.05, 4.69) is 15.4 Å². The predicted octanol–water partition coefficient (Wildman–Crippen LogP) is 3.58. The van der Waals surface area contributed by atoms with Crippen LogP contribution in [0.4, 0.5) is 5.69 Å². The molecule has 1 aliphatic heterocycles. The largest absolute Gasteiger partial charge is 0.337 e. The van der Waals surface area contributed by atoms with Crippen LogP contribution in [0.5, 0.6) is 0 Å². The first-order chi connectivity index (χ1) is 13.6. The second kappa shape index (κ2) is 8.24. The minimum atomic E-state index is -0.0915. The van der Waals surface area contributed by atoms with Crippen molar-refractivity contribution < 1.29 is 9.59 Å². The fraction of sp³-hybridized carbons (Fsp3) is 0.368. The summed E-state index contributed by atoms with van der Waals surface area (Å²) in [7, 11) is 0. The summed E-state index contributed by atoms with van der Waals surface area (Å²) in [6, 6.07) is 3.98. The molecule has 1 N–H and O–H groups in total. The van der Waals surface area contributed by atoms with Gasteiger partial charge in [0.15, 0.2) is 0 Å². The molecule has 3 aromatic heterocycles. The summed E-state index contributed by atoms with van der Waals surface area (Å²) >= 11 is 3.11. The summed E-state index contributed by atoms with van der Waals surface area (Å²) < 4.78 is 1.77. The lowest BCUT2D eigenvalue weighted by molar-refractivity contribution is -0.121. The van der Waals surface area contributed by atoms with Crippen molar-refractivity contribution in [2.45, 2.75) is 26.3 Å². The summed E-state index contributed by atoms with van der Waals surface area (Å²) in [5, 5.41) is 11.8. The molecule has 3 aromatic rings. The highest BCUT2D eigenvalue weighted by Gasteiger charge is 2.29. The number of likely N-dealkylation sites (tertiary alicyclic amines) is 1. The van der Waals surface area contributed by atoms with Crippen LogP contribution in [0.1, 0.15) is 30.3 Å². The quantitative estimate of drug-likeness (QED) is 0.691. The lowest BCUT2D eigenvalue weighted by Gasteiger charge is -2.30. The molecule has 0 aromatic carbocycles. The molecule has 0 radical (unpaired) electrons. The number of aryl methyl sites for hydroxylation is 1. The Bertz CT molecular complexity index is 955. The van der Waals surface area contributed by atoms with Gasteiger partial charge in [0.2, 0.25) is 5.91 Å². The van der Waals surface area contributed by atoms with E-state index in [4.69, 9.17) is 0 Å². The van der Waals surface area contributed by atoms with E-state index in [9.17, 15) is 9.59 Å². The third-order valence-electron chi connectivity index (χ3n) is 4.83. The van der Waals surface area contributed by atoms with Crippen LogP contribution in [-0.2, 0) is 11.3 Å². The van der Waals surface area contributed by atoms with E-state index in [1.165, 1.54) is 11.3 Å². The molecule has 1 saturated heterocycles. The predicted molar refractivity (Wildman–Crippen MR) is 111 cm³/mol. The summed E-state index contributed by atoms with van der Waals surface area (Å²) in [5.74, 6) is -0.148. The van der Waals surface area contributed by atoms with E-state index in [0.717, 1.165) is 16.4 Å². The number of hydrogen-bond acceptors (Lipinski definition) is 6. The van der Waals surface area contributed by atoms with E-state index < -0.39 is 0 Å². The van der Waals surface area contributed by atoms with Gasteiger partial charge in [-0.2, -0.15) is 5.10 Å². The van der Waals surface area contributed by atoms with Gasteiger partial charge >= 0.3 is 0 Å². The summed E-state index contributed by atoms with van der Waals surface area (Å²) in [5.41, 5.74) is 1.21. The number of aromatic nitrogens is 3. The highest BCUT2D eigenvalue weighted by Crippen LogP contribution is 2.29. The van der Waals surface area contributed by atoms with E-state index in [0.29, 0.717) is 37.3 Å². The average molecular weight is 416 g/mol. The van der Waals surface area contributed by atoms with Crippen LogP contribution in [0.25, 0.3) is 9.88 Å². The molecular formula is C19H21N5O2S2. The Hall–Kier alpha value is -2.52. The normalized spacial score (nSPS) is 15.0. The number of hydrogen-bond donors (Lipinski definition) is 1. The Morgan fingerprint density at radius 1 is 1.29 bits per heavy atom. The van der Waals surface area contributed by atoms with Crippen LogP contribution in [0.2, 0.25) is 0 Å². The molecule has 4 heterocycles. The average Bonchev–Trinajstić information content (AvgIpc) is 3.48. The highest BCUT2D eigenvalue weighted by molar-refractivity contribution is 7.20. The monoisotopic (exact) mass is 415 g/mol. The Morgan fingerprint density at radius 2 is 2.11 bits per heavy atom. The molecule has 1 aliphatic rings. The molecule has 4 rings (SSSR count). The van der Waals surface area contributed by atoms with Crippen molar-refractivity contribution in [3.63, 3.8) is 0 Å². The molecule has 7 nitrogen and oxygen atoms in total. The fourth-order valence-corrected chi connectivity index (χ4v) is 4.85. The maximum Gasteiger partial charge on any atom is 0.273 e. The van der Waals surface area contributed by atoms with Crippen molar-refractivity contribution >= 4 is 40.2 Å². The van der Waals surface area contributed by atoms with Crippen molar-refractivity contribution in [3.05, 3.63) is 41.0 Å². The minimum absolute atomic E-state index is 0.00334. The van der Waals surface area contributed by atoms with Gasteiger partial charge in [-0.3, -0.25) is 14.3 Å². The number of thiophene rings is 1. The molecule has 9 heteroatoms. The molecule has 28 heavy (non-hydrogen) atoms. The molecular weight excluding hydrogens is 394 g/mol. The maximum atomic E-state index is 12.7. The number of nitrogens with zero attached hydrogens (tertiary/aromatic N) is 4. The molecule has 0 atom stereocenters. The van der Waals surface area contributed by atoms with E-state index in [1.807, 2.05) is 36.0 Å². The Labute approximate surface area is 171 Å². The molecule has 0 saturated carbocycles. The first kappa shape index (κ1) is 18.8. The van der Waals surface area contributed by atoms with Crippen molar-refractivity contribution in [2.75, 3.05) is 18.4 Å². The first-order valence-electron chi connectivity index (χ1n) is 9.26. The van der Waals surface area contributed by atoms with Gasteiger partial charge in [0.25, 0.3) is 5.91 Å². The van der Waals surface area contributed by atoms with Gasteiger partial charge in [-0.15, -0.1) is 22.7 Å². The second-order valence-corrected chi connectivity index (χ2v) is 8.46. The first-order valence-corrected chi connectivity index (χ1v) is 11.0. The van der Waals surface area contributed by atoms with Crippen LogP contribution in [0, 0.1) is 5.92 Å². The lowest BCUT2D eigenvalue weighted by atomic mass is 9.95. The molecule has 0 bridgehead atoms. The van der Waals surface area contributed by atoms with Crippen LogP contribution in [-0.4, -0.2) is 44.6 Å². The van der Waals surface area contributed by atoms with Gasteiger partial charge in [-0.1, -0.05) is 6.07 Å². The number of amides is 2. The van der Waals surface area contributed by atoms with Gasteiger partial charge in [-0.25, -0.2) is 4.98 Å². The third-order valence-corrected chi connectivity index (χ3v) is 6.71. The van der Waals surface area contributed by atoms with Crippen molar-refractivity contribution in [1.29, 1.82) is 0 Å². The zero-order valence-corrected chi connectivity index (χ0v) is 17.1.